The normalized spacial score (nSPS) is 12.8. The van der Waals surface area contributed by atoms with Gasteiger partial charge >= 0.3 is 0 Å². The Balaban J connectivity index is 2.10. The summed E-state index contributed by atoms with van der Waals surface area (Å²) in [7, 11) is 1.52. The fraction of sp³-hybridized carbons (Fsp3) is 0.316. The number of benzene rings is 1. The van der Waals surface area contributed by atoms with Crippen LogP contribution in [0, 0.1) is 5.92 Å². The number of nitrogens with one attached hydrogen (secondary N) is 2. The minimum Gasteiger partial charge on any atom is -0.481 e. The third-order valence-electron chi connectivity index (χ3n) is 4.10. The van der Waals surface area contributed by atoms with Gasteiger partial charge in [0, 0.05) is 16.7 Å². The van der Waals surface area contributed by atoms with Crippen molar-refractivity contribution in [2.75, 3.05) is 12.4 Å². The third kappa shape index (κ3) is 5.20. The first-order valence-corrected chi connectivity index (χ1v) is 8.69. The molecule has 0 aliphatic heterocycles. The number of nitrogens with zero attached hydrogens (tertiary/aromatic N) is 1. The van der Waals surface area contributed by atoms with Crippen molar-refractivity contribution < 1.29 is 14.3 Å². The Labute approximate surface area is 157 Å². The summed E-state index contributed by atoms with van der Waals surface area (Å²) >= 11 is 5.85. The van der Waals surface area contributed by atoms with Crippen LogP contribution in [0.4, 0.5) is 5.69 Å². The van der Waals surface area contributed by atoms with Gasteiger partial charge in [-0.2, -0.15) is 0 Å². The largest absolute Gasteiger partial charge is 0.481 e. The van der Waals surface area contributed by atoms with Crippen molar-refractivity contribution in [1.82, 2.24) is 10.3 Å². The molecule has 0 bridgehead atoms. The number of carbonyl (C=O) groups excluding carboxylic acids is 2. The Morgan fingerprint density at radius 3 is 2.42 bits per heavy atom. The predicted molar refractivity (Wildman–Crippen MR) is 102 cm³/mol. The van der Waals surface area contributed by atoms with E-state index < -0.39 is 6.04 Å². The van der Waals surface area contributed by atoms with Crippen LogP contribution in [0.5, 0.6) is 5.88 Å². The van der Waals surface area contributed by atoms with Gasteiger partial charge in [-0.05, 0) is 36.2 Å². The van der Waals surface area contributed by atoms with E-state index in [1.807, 2.05) is 13.8 Å². The van der Waals surface area contributed by atoms with Gasteiger partial charge in [-0.15, -0.1) is 0 Å². The number of hydrogen-bond donors (Lipinski definition) is 2. The van der Waals surface area contributed by atoms with Crippen LogP contribution in [0.25, 0.3) is 0 Å². The molecular weight excluding hydrogens is 354 g/mol. The van der Waals surface area contributed by atoms with Crippen molar-refractivity contribution in [2.24, 2.45) is 5.92 Å². The van der Waals surface area contributed by atoms with E-state index in [9.17, 15) is 9.59 Å². The summed E-state index contributed by atoms with van der Waals surface area (Å²) in [6.07, 6.45) is 2.24. The summed E-state index contributed by atoms with van der Waals surface area (Å²) < 4.78 is 5.00. The molecule has 2 amide bonds. The number of methoxy groups -OCH3 is 1. The highest BCUT2D eigenvalue weighted by atomic mass is 35.5. The van der Waals surface area contributed by atoms with Gasteiger partial charge in [0.15, 0.2) is 0 Å². The van der Waals surface area contributed by atoms with Crippen LogP contribution in [0.1, 0.15) is 30.6 Å². The number of anilines is 1. The molecule has 1 aromatic carbocycles. The number of ether oxygens (including phenoxy) is 1. The molecule has 138 valence electrons. The monoisotopic (exact) mass is 375 g/mol. The molecule has 26 heavy (non-hydrogen) atoms. The first kappa shape index (κ1) is 19.7. The van der Waals surface area contributed by atoms with Crippen LogP contribution in [-0.4, -0.2) is 29.9 Å². The maximum Gasteiger partial charge on any atom is 0.251 e. The molecule has 1 heterocycles. The van der Waals surface area contributed by atoms with E-state index in [0.29, 0.717) is 22.2 Å². The van der Waals surface area contributed by atoms with Crippen molar-refractivity contribution in [3.8, 4) is 5.88 Å². The van der Waals surface area contributed by atoms with Gasteiger partial charge in [-0.25, -0.2) is 4.98 Å². The average molecular weight is 376 g/mol. The second kappa shape index (κ2) is 9.20. The summed E-state index contributed by atoms with van der Waals surface area (Å²) in [5.74, 6) is -0.210. The fourth-order valence-corrected chi connectivity index (χ4v) is 2.45. The lowest BCUT2D eigenvalue weighted by Crippen LogP contribution is -2.47. The number of rotatable bonds is 7. The van der Waals surface area contributed by atoms with Crippen molar-refractivity contribution in [1.29, 1.82) is 0 Å². The Kier molecular flexibility index (Phi) is 6.97. The zero-order chi connectivity index (χ0) is 19.1. The molecule has 6 nitrogen and oxygen atoms in total. The Bertz CT molecular complexity index is 748. The van der Waals surface area contributed by atoms with Crippen LogP contribution in [-0.2, 0) is 4.79 Å². The molecule has 2 rings (SSSR count). The van der Waals surface area contributed by atoms with E-state index in [0.717, 1.165) is 6.42 Å². The van der Waals surface area contributed by atoms with Gasteiger partial charge < -0.3 is 15.4 Å². The number of hydrogen-bond acceptors (Lipinski definition) is 4. The maximum absolute atomic E-state index is 12.7. The molecule has 0 saturated carbocycles. The molecule has 0 aliphatic carbocycles. The molecule has 0 saturated heterocycles. The van der Waals surface area contributed by atoms with Gasteiger partial charge in [0.2, 0.25) is 11.8 Å². The molecule has 1 aromatic heterocycles. The minimum absolute atomic E-state index is 0.0440. The van der Waals surface area contributed by atoms with Crippen LogP contribution < -0.4 is 15.4 Å². The molecule has 2 aromatic rings. The predicted octanol–water partition coefficient (Wildman–Crippen LogP) is 3.53. The van der Waals surface area contributed by atoms with Crippen LogP contribution in [0.3, 0.4) is 0 Å². The lowest BCUT2D eigenvalue weighted by Gasteiger charge is -2.23. The van der Waals surface area contributed by atoms with Crippen LogP contribution >= 0.6 is 11.6 Å². The van der Waals surface area contributed by atoms with Gasteiger partial charge in [0.1, 0.15) is 6.04 Å². The Hall–Kier alpha value is -2.60. The van der Waals surface area contributed by atoms with Crippen LogP contribution in [0.15, 0.2) is 42.6 Å². The van der Waals surface area contributed by atoms with E-state index in [4.69, 9.17) is 16.3 Å². The molecule has 7 heteroatoms. The number of halogens is 1. The highest BCUT2D eigenvalue weighted by molar-refractivity contribution is 6.30. The molecule has 0 unspecified atom stereocenters. The maximum atomic E-state index is 12.7. The second-order valence-corrected chi connectivity index (χ2v) is 6.36. The van der Waals surface area contributed by atoms with Gasteiger partial charge in [-0.1, -0.05) is 31.9 Å². The average Bonchev–Trinajstić information content (AvgIpc) is 2.66. The summed E-state index contributed by atoms with van der Waals surface area (Å²) in [5, 5.41) is 6.13. The molecule has 0 fully saturated rings. The highest BCUT2D eigenvalue weighted by Crippen LogP contribution is 2.15. The number of aromatic nitrogens is 1. The molecule has 0 radical (unpaired) electrons. The minimum atomic E-state index is -0.676. The van der Waals surface area contributed by atoms with E-state index in [2.05, 4.69) is 15.6 Å². The van der Waals surface area contributed by atoms with Crippen molar-refractivity contribution in [3.05, 3.63) is 53.2 Å². The summed E-state index contributed by atoms with van der Waals surface area (Å²) in [4.78, 5) is 29.2. The smallest absolute Gasteiger partial charge is 0.251 e. The zero-order valence-corrected chi connectivity index (χ0v) is 15.7. The first-order valence-electron chi connectivity index (χ1n) is 8.32. The van der Waals surface area contributed by atoms with E-state index in [1.54, 1.807) is 36.4 Å². The van der Waals surface area contributed by atoms with Gasteiger partial charge in [0.25, 0.3) is 5.91 Å². The van der Waals surface area contributed by atoms with Crippen molar-refractivity contribution in [2.45, 2.75) is 26.3 Å². The summed E-state index contributed by atoms with van der Waals surface area (Å²) in [6, 6.07) is 9.19. The standard InChI is InChI=1S/C19H22ClN3O3/c1-4-12(2)17(23-18(24)13-5-7-14(20)8-6-13)19(25)22-15-9-10-16(26-3)21-11-15/h5-12,17H,4H2,1-3H3,(H,22,25)(H,23,24)/t12-,17-/m0/s1. The van der Waals surface area contributed by atoms with Gasteiger partial charge in [0.05, 0.1) is 19.0 Å². The second-order valence-electron chi connectivity index (χ2n) is 5.92. The van der Waals surface area contributed by atoms with Crippen molar-refractivity contribution in [3.63, 3.8) is 0 Å². The number of carbonyl (C=O) groups is 2. The topological polar surface area (TPSA) is 80.3 Å². The Morgan fingerprint density at radius 1 is 1.19 bits per heavy atom. The van der Waals surface area contributed by atoms with Crippen LogP contribution in [0.2, 0.25) is 5.02 Å². The number of pyridine rings is 1. The lowest BCUT2D eigenvalue weighted by atomic mass is 9.97. The molecule has 0 spiro atoms. The molecular formula is C19H22ClN3O3. The fourth-order valence-electron chi connectivity index (χ4n) is 2.32. The zero-order valence-electron chi connectivity index (χ0n) is 15.0. The lowest BCUT2D eigenvalue weighted by molar-refractivity contribution is -0.119. The van der Waals surface area contributed by atoms with Crippen molar-refractivity contribution >= 4 is 29.1 Å². The highest BCUT2D eigenvalue weighted by Gasteiger charge is 2.26. The quantitative estimate of drug-likeness (QED) is 0.775. The van der Waals surface area contributed by atoms with E-state index in [-0.39, 0.29) is 17.7 Å². The SMILES string of the molecule is CC[C@H](C)[C@H](NC(=O)c1ccc(Cl)cc1)C(=O)Nc1ccc(OC)nc1. The van der Waals surface area contributed by atoms with E-state index in [1.165, 1.54) is 13.3 Å². The molecule has 2 atom stereocenters. The molecule has 2 N–H and O–H groups in total. The van der Waals surface area contributed by atoms with Gasteiger partial charge in [-0.3, -0.25) is 9.59 Å². The summed E-state index contributed by atoms with van der Waals surface area (Å²) in [6.45, 7) is 3.88. The summed E-state index contributed by atoms with van der Waals surface area (Å²) in [5.41, 5.74) is 0.978. The first-order chi connectivity index (χ1) is 12.4. The third-order valence-corrected chi connectivity index (χ3v) is 4.35. The van der Waals surface area contributed by atoms with E-state index >= 15 is 0 Å². The Morgan fingerprint density at radius 2 is 1.88 bits per heavy atom. The molecule has 0 aliphatic rings. The number of amides is 2.